The van der Waals surface area contributed by atoms with Gasteiger partial charge in [0.1, 0.15) is 4.75 Å². The third-order valence-corrected chi connectivity index (χ3v) is 4.21. The molecule has 0 spiro atoms. The summed E-state index contributed by atoms with van der Waals surface area (Å²) < 4.78 is 1.00. The smallest absolute Gasteiger partial charge is 0.304 e. The van der Waals surface area contributed by atoms with Gasteiger partial charge in [0.15, 0.2) is 0 Å². The van der Waals surface area contributed by atoms with Gasteiger partial charge in [-0.3, -0.25) is 9.59 Å². The van der Waals surface area contributed by atoms with Crippen molar-refractivity contribution in [1.29, 1.82) is 5.26 Å². The summed E-state index contributed by atoms with van der Waals surface area (Å²) in [6.45, 7) is 1.68. The molecule has 0 aromatic carbocycles. The summed E-state index contributed by atoms with van der Waals surface area (Å²) in [7, 11) is 0. The van der Waals surface area contributed by atoms with Crippen molar-refractivity contribution >= 4 is 39.8 Å². The highest BCUT2D eigenvalue weighted by atomic mass is 32.2. The molecule has 2 N–H and O–H groups in total. The molecule has 7 heteroatoms. The molecular weight excluding hydrogens is 262 g/mol. The molecule has 0 radical (unpaired) electrons. The van der Waals surface area contributed by atoms with Gasteiger partial charge in [-0.25, -0.2) is 0 Å². The first-order valence-corrected chi connectivity index (χ1v) is 6.93. The Kier molecular flexibility index (Phi) is 7.66. The van der Waals surface area contributed by atoms with E-state index in [1.165, 1.54) is 11.8 Å². The molecule has 0 aliphatic heterocycles. The Labute approximate surface area is 108 Å². The van der Waals surface area contributed by atoms with Crippen LogP contribution >= 0.6 is 23.1 Å². The molecule has 96 valence electrons. The number of aliphatic carboxylic acids is 2. The molecule has 0 aliphatic carbocycles. The zero-order valence-electron chi connectivity index (χ0n) is 9.42. The van der Waals surface area contributed by atoms with Gasteiger partial charge in [-0.2, -0.15) is 16.6 Å². The van der Waals surface area contributed by atoms with Crippen LogP contribution in [0.4, 0.5) is 0 Å². The van der Waals surface area contributed by atoms with Gasteiger partial charge in [-0.1, -0.05) is 0 Å². The first-order chi connectivity index (χ1) is 7.89. The van der Waals surface area contributed by atoms with Crippen LogP contribution in [0.25, 0.3) is 0 Å². The van der Waals surface area contributed by atoms with E-state index in [-0.39, 0.29) is 19.3 Å². The van der Waals surface area contributed by atoms with Crippen LogP contribution in [0.5, 0.6) is 0 Å². The number of nitriles is 1. The molecule has 0 aromatic heterocycles. The largest absolute Gasteiger partial charge is 0.481 e. The van der Waals surface area contributed by atoms with Gasteiger partial charge >= 0.3 is 11.9 Å². The van der Waals surface area contributed by atoms with Gasteiger partial charge in [0, 0.05) is 6.42 Å². The third-order valence-electron chi connectivity index (χ3n) is 1.89. The monoisotopic (exact) mass is 277 g/mol. The zero-order chi connectivity index (χ0) is 13.3. The van der Waals surface area contributed by atoms with Gasteiger partial charge < -0.3 is 10.2 Å². The minimum Gasteiger partial charge on any atom is -0.481 e. The van der Waals surface area contributed by atoms with Gasteiger partial charge in [-0.05, 0) is 23.8 Å². The van der Waals surface area contributed by atoms with Crippen LogP contribution in [0.15, 0.2) is 0 Å². The zero-order valence-corrected chi connectivity index (χ0v) is 11.1. The fourth-order valence-electron chi connectivity index (χ4n) is 0.853. The van der Waals surface area contributed by atoms with Crippen molar-refractivity contribution in [2.45, 2.75) is 30.9 Å². The maximum absolute atomic E-state index is 10.4. The van der Waals surface area contributed by atoms with Crippen molar-refractivity contribution in [3.05, 3.63) is 0 Å². The fraction of sp³-hybridized carbons (Fsp3) is 0.600. The molecule has 0 heterocycles. The number of thioether (sulfide) groups is 1. The Hall–Kier alpha value is -1.00. The summed E-state index contributed by atoms with van der Waals surface area (Å²) >= 11 is 2.10. The lowest BCUT2D eigenvalue weighted by Crippen LogP contribution is -2.18. The van der Waals surface area contributed by atoms with Crippen LogP contribution in [0, 0.1) is 11.3 Å². The van der Waals surface area contributed by atoms with Crippen molar-refractivity contribution in [3.63, 3.8) is 0 Å². The first kappa shape index (κ1) is 16.0. The number of carbonyl (C=O) groups is 2. The van der Waals surface area contributed by atoms with E-state index >= 15 is 0 Å². The Bertz CT molecular complexity index is 351. The summed E-state index contributed by atoms with van der Waals surface area (Å²) in [4.78, 5) is 20.7. The number of thiol groups is 1. The minimum atomic E-state index is -0.921. The summed E-state index contributed by atoms with van der Waals surface area (Å²) in [5, 5.41) is 25.9. The van der Waals surface area contributed by atoms with Crippen LogP contribution < -0.4 is 0 Å². The second-order valence-electron chi connectivity index (χ2n) is 3.51. The van der Waals surface area contributed by atoms with Gasteiger partial charge in [0.25, 0.3) is 0 Å². The van der Waals surface area contributed by atoms with Crippen LogP contribution in [0.1, 0.15) is 26.2 Å². The van der Waals surface area contributed by atoms with Crippen molar-refractivity contribution in [3.8, 4) is 6.07 Å². The predicted molar refractivity (Wildman–Crippen MR) is 70.6 cm³/mol. The summed E-state index contributed by atoms with van der Waals surface area (Å²) in [5.41, 5.74) is 0. The molecular formula is C10H15NO4S2. The maximum Gasteiger partial charge on any atom is 0.304 e. The average molecular weight is 277 g/mol. The number of hydrogen-bond donors (Lipinski definition) is 3. The minimum absolute atomic E-state index is 0.0447. The number of nitrogens with zero attached hydrogens (tertiary/aromatic N) is 1. The van der Waals surface area contributed by atoms with Crippen LogP contribution in [-0.2, 0) is 9.59 Å². The van der Waals surface area contributed by atoms with E-state index < -0.39 is 16.7 Å². The third kappa shape index (κ3) is 8.77. The lowest BCUT2D eigenvalue weighted by molar-refractivity contribution is -0.137. The second-order valence-corrected chi connectivity index (χ2v) is 6.30. The summed E-state index contributed by atoms with van der Waals surface area (Å²) in [6.07, 6.45) is 0.322. The second kappa shape index (κ2) is 8.14. The van der Waals surface area contributed by atoms with Crippen LogP contribution in [0.3, 0.4) is 0 Å². The van der Waals surface area contributed by atoms with E-state index in [1.807, 2.05) is 0 Å². The molecule has 0 bridgehead atoms. The number of hydrogen-bond acceptors (Lipinski definition) is 4. The lowest BCUT2D eigenvalue weighted by Gasteiger charge is -2.17. The van der Waals surface area contributed by atoms with E-state index in [0.29, 0.717) is 5.75 Å². The Morgan fingerprint density at radius 2 is 2.00 bits per heavy atom. The highest BCUT2D eigenvalue weighted by Gasteiger charge is 2.24. The molecule has 1 unspecified atom stereocenters. The fourth-order valence-corrected chi connectivity index (χ4v) is 3.10. The van der Waals surface area contributed by atoms with Crippen molar-refractivity contribution in [2.75, 3.05) is 5.75 Å². The summed E-state index contributed by atoms with van der Waals surface area (Å²) in [5.74, 6) is -1.26. The van der Waals surface area contributed by atoms with Gasteiger partial charge in [0.2, 0.25) is 0 Å². The average Bonchev–Trinajstić information content (AvgIpc) is 2.25. The topological polar surface area (TPSA) is 98.4 Å². The number of rotatable bonds is 8. The standard InChI is InChI=1S/C10H15NO4S2/c1-10(6-11,4-2-8(12)13)17-7-16-5-3-9(14)15/h7,16H,2-5H2,1H3,(H,12,13)(H,14,15). The molecule has 1 atom stereocenters. The molecule has 0 saturated heterocycles. The number of carboxylic acids is 2. The molecule has 0 saturated carbocycles. The molecule has 17 heavy (non-hydrogen) atoms. The van der Waals surface area contributed by atoms with E-state index in [4.69, 9.17) is 15.5 Å². The molecule has 0 aliphatic rings. The predicted octanol–water partition coefficient (Wildman–Crippen LogP) is 1.57. The normalized spacial score (nSPS) is 14.6. The van der Waals surface area contributed by atoms with E-state index in [1.54, 1.807) is 11.6 Å². The summed E-state index contributed by atoms with van der Waals surface area (Å²) in [6, 6.07) is 2.08. The Morgan fingerprint density at radius 3 is 2.47 bits per heavy atom. The van der Waals surface area contributed by atoms with Crippen molar-refractivity contribution in [1.82, 2.24) is 0 Å². The quantitative estimate of drug-likeness (QED) is 0.460. The molecule has 0 rings (SSSR count). The molecule has 0 fully saturated rings. The SMILES string of the molecule is CC(C#N)(CCC(=O)O)SC=[SH]CCC(=O)O. The Morgan fingerprint density at radius 1 is 1.41 bits per heavy atom. The van der Waals surface area contributed by atoms with E-state index in [9.17, 15) is 9.59 Å². The maximum atomic E-state index is 10.4. The Balaban J connectivity index is 4.07. The van der Waals surface area contributed by atoms with Gasteiger partial charge in [-0.15, -0.1) is 11.8 Å². The van der Waals surface area contributed by atoms with Crippen LogP contribution in [-0.4, -0.2) is 37.4 Å². The van der Waals surface area contributed by atoms with Crippen LogP contribution in [0.2, 0.25) is 0 Å². The molecule has 0 aromatic rings. The highest BCUT2D eigenvalue weighted by molar-refractivity contribution is 8.25. The highest BCUT2D eigenvalue weighted by Crippen LogP contribution is 2.28. The van der Waals surface area contributed by atoms with Crippen molar-refractivity contribution < 1.29 is 19.8 Å². The van der Waals surface area contributed by atoms with Crippen molar-refractivity contribution in [2.24, 2.45) is 0 Å². The lowest BCUT2D eigenvalue weighted by atomic mass is 10.1. The molecule has 5 nitrogen and oxygen atoms in total. The molecule has 0 amide bonds. The first-order valence-electron chi connectivity index (χ1n) is 4.90. The van der Waals surface area contributed by atoms with E-state index in [0.717, 1.165) is 11.4 Å². The van der Waals surface area contributed by atoms with Gasteiger partial charge in [0.05, 0.1) is 12.5 Å². The number of carboxylic acid groups (broad SMARTS) is 2. The van der Waals surface area contributed by atoms with E-state index in [2.05, 4.69) is 6.07 Å².